The van der Waals surface area contributed by atoms with Crippen molar-refractivity contribution >= 4 is 35.1 Å². The van der Waals surface area contributed by atoms with Gasteiger partial charge in [-0.25, -0.2) is 0 Å². The van der Waals surface area contributed by atoms with Gasteiger partial charge in [-0.3, -0.25) is 9.59 Å². The van der Waals surface area contributed by atoms with Crippen molar-refractivity contribution in [2.24, 2.45) is 18.9 Å². The molecule has 0 saturated heterocycles. The lowest BCUT2D eigenvalue weighted by Crippen LogP contribution is -2.49. The Morgan fingerprint density at radius 1 is 1.00 bits per heavy atom. The van der Waals surface area contributed by atoms with Crippen molar-refractivity contribution in [2.45, 2.75) is 83.4 Å². The fourth-order valence-electron chi connectivity index (χ4n) is 6.72. The number of esters is 1. The summed E-state index contributed by atoms with van der Waals surface area (Å²) >= 11 is 6.07. The van der Waals surface area contributed by atoms with Crippen LogP contribution in [0.4, 0.5) is 38.0 Å². The number of hydrogen-bond acceptors (Lipinski definition) is 7. The number of anilines is 2. The molecule has 0 spiro atoms. The van der Waals surface area contributed by atoms with E-state index >= 15 is 0 Å². The molecule has 0 bridgehead atoms. The molecule has 1 aromatic heterocycles. The van der Waals surface area contributed by atoms with Crippen LogP contribution in [0.2, 0.25) is 5.02 Å². The van der Waals surface area contributed by atoms with E-state index < -0.39 is 41.5 Å². The summed E-state index contributed by atoms with van der Waals surface area (Å²) in [6.45, 7) is 3.55. The lowest BCUT2D eigenvalue weighted by atomic mass is 9.79. The number of hydrogen-bond donors (Lipinski definition) is 0. The largest absolute Gasteiger partial charge is 0.466 e. The molecular formula is C32H35ClF6N6O3. The first kappa shape index (κ1) is 35.4. The first-order valence-electron chi connectivity index (χ1n) is 15.6. The van der Waals surface area contributed by atoms with Gasteiger partial charge in [-0.2, -0.15) is 31.1 Å². The molecule has 1 aliphatic heterocycles. The molecule has 2 aromatic carbocycles. The number of benzene rings is 2. The highest BCUT2D eigenvalue weighted by atomic mass is 35.5. The van der Waals surface area contributed by atoms with Gasteiger partial charge in [0.25, 0.3) is 5.95 Å². The monoisotopic (exact) mass is 700 g/mol. The third kappa shape index (κ3) is 7.87. The highest BCUT2D eigenvalue weighted by Crippen LogP contribution is 2.46. The van der Waals surface area contributed by atoms with Crippen LogP contribution in [0, 0.1) is 11.8 Å². The predicted molar refractivity (Wildman–Crippen MR) is 164 cm³/mol. The molecule has 1 aliphatic carbocycles. The number of ether oxygens (including phenoxy) is 1. The maximum absolute atomic E-state index is 14.1. The molecule has 0 unspecified atom stereocenters. The van der Waals surface area contributed by atoms with Gasteiger partial charge in [0, 0.05) is 35.6 Å². The highest BCUT2D eigenvalue weighted by molar-refractivity contribution is 6.30. The number of nitrogens with zero attached hydrogens (tertiary/aromatic N) is 6. The Labute approximate surface area is 278 Å². The van der Waals surface area contributed by atoms with Gasteiger partial charge in [0.05, 0.1) is 30.8 Å². The van der Waals surface area contributed by atoms with Crippen LogP contribution in [0.15, 0.2) is 36.4 Å². The van der Waals surface area contributed by atoms with E-state index in [0.29, 0.717) is 25.7 Å². The van der Waals surface area contributed by atoms with E-state index in [-0.39, 0.29) is 71.6 Å². The summed E-state index contributed by atoms with van der Waals surface area (Å²) in [6.07, 6.45) is -6.74. The molecule has 1 amide bonds. The van der Waals surface area contributed by atoms with Gasteiger partial charge in [0.1, 0.15) is 0 Å². The van der Waals surface area contributed by atoms with Crippen molar-refractivity contribution < 1.29 is 40.7 Å². The molecular weight excluding hydrogens is 666 g/mol. The smallest absolute Gasteiger partial charge is 0.416 e. The highest BCUT2D eigenvalue weighted by Gasteiger charge is 2.42. The molecule has 1 saturated carbocycles. The molecule has 2 aliphatic rings. The lowest BCUT2D eigenvalue weighted by molar-refractivity contribution is -0.144. The third-order valence-electron chi connectivity index (χ3n) is 8.94. The van der Waals surface area contributed by atoms with Crippen LogP contribution in [0.5, 0.6) is 0 Å². The van der Waals surface area contributed by atoms with Gasteiger partial charge < -0.3 is 14.5 Å². The number of carbonyl (C=O) groups is 2. The SMILES string of the molecule is CCOC(=O)CC1CCC(C(=O)N2c3ccc(C(F)(F)F)cc3[C@@H](N(Cc3cc(Cl)cc(C(F)(F)F)c3)c3nnn(C)n3)C[C@H]2C)CC1. The van der Waals surface area contributed by atoms with Gasteiger partial charge in [-0.1, -0.05) is 16.7 Å². The normalized spacial score (nSPS) is 21.5. The minimum Gasteiger partial charge on any atom is -0.466 e. The van der Waals surface area contributed by atoms with E-state index in [9.17, 15) is 35.9 Å². The topological polar surface area (TPSA) is 93.5 Å². The van der Waals surface area contributed by atoms with Crippen LogP contribution in [-0.4, -0.2) is 44.7 Å². The van der Waals surface area contributed by atoms with Crippen molar-refractivity contribution in [3.05, 3.63) is 63.7 Å². The van der Waals surface area contributed by atoms with Crippen LogP contribution in [0.25, 0.3) is 0 Å². The molecule has 0 radical (unpaired) electrons. The quantitative estimate of drug-likeness (QED) is 0.177. The number of alkyl halides is 6. The Bertz CT molecular complexity index is 1640. The second kappa shape index (κ2) is 13.9. The second-order valence-corrected chi connectivity index (χ2v) is 12.8. The first-order valence-corrected chi connectivity index (χ1v) is 16.0. The van der Waals surface area contributed by atoms with Crippen LogP contribution in [0.3, 0.4) is 0 Å². The summed E-state index contributed by atoms with van der Waals surface area (Å²) in [7, 11) is 1.48. The summed E-state index contributed by atoms with van der Waals surface area (Å²) in [5, 5.41) is 12.0. The number of aryl methyl sites for hydroxylation is 1. The van der Waals surface area contributed by atoms with Gasteiger partial charge in [-0.05, 0) is 105 Å². The summed E-state index contributed by atoms with van der Waals surface area (Å²) in [5.41, 5.74) is -1.38. The molecule has 48 heavy (non-hydrogen) atoms. The molecule has 260 valence electrons. The minimum atomic E-state index is -4.71. The third-order valence-corrected chi connectivity index (χ3v) is 9.16. The number of rotatable bonds is 8. The number of amides is 1. The summed E-state index contributed by atoms with van der Waals surface area (Å²) in [4.78, 5) is 30.2. The van der Waals surface area contributed by atoms with Crippen LogP contribution >= 0.6 is 11.6 Å². The summed E-state index contributed by atoms with van der Waals surface area (Å²) < 4.78 is 88.3. The Kier molecular flexibility index (Phi) is 10.3. The number of aromatic nitrogens is 4. The van der Waals surface area contributed by atoms with E-state index in [1.54, 1.807) is 13.8 Å². The Balaban J connectivity index is 1.52. The van der Waals surface area contributed by atoms with Crippen molar-refractivity contribution in [1.29, 1.82) is 0 Å². The minimum absolute atomic E-state index is 0.0219. The standard InChI is InChI=1S/C32H35ClF6N6O3/c1-4-48-28(46)14-19-5-7-21(8-6-19)29(47)45-18(2)11-27(25-16-22(31(34,35)36)9-10-26(25)45)44(30-40-42-43(3)41-30)17-20-12-23(32(37,38)39)15-24(33)13-20/h9-10,12-13,15-16,18-19,21,27H,4-8,11,14,17H2,1-3H3/t18-,19?,21?,27+/m1/s1. The van der Waals surface area contributed by atoms with Crippen LogP contribution in [0.1, 0.15) is 80.7 Å². The molecule has 9 nitrogen and oxygen atoms in total. The molecule has 2 atom stereocenters. The molecule has 5 rings (SSSR count). The van der Waals surface area contributed by atoms with Crippen molar-refractivity contribution in [3.8, 4) is 0 Å². The Morgan fingerprint density at radius 2 is 1.69 bits per heavy atom. The molecule has 16 heteroatoms. The average molecular weight is 701 g/mol. The zero-order valence-corrected chi connectivity index (χ0v) is 27.2. The zero-order valence-electron chi connectivity index (χ0n) is 26.5. The fraction of sp³-hybridized carbons (Fsp3) is 0.531. The van der Waals surface area contributed by atoms with Crippen molar-refractivity contribution in [2.75, 3.05) is 16.4 Å². The van der Waals surface area contributed by atoms with Gasteiger partial charge in [-0.15, -0.1) is 5.10 Å². The van der Waals surface area contributed by atoms with Gasteiger partial charge in [0.2, 0.25) is 5.91 Å². The molecule has 2 heterocycles. The maximum Gasteiger partial charge on any atom is 0.416 e. The maximum atomic E-state index is 14.1. The van der Waals surface area contributed by atoms with Gasteiger partial charge in [0.15, 0.2) is 0 Å². The van der Waals surface area contributed by atoms with E-state index in [1.165, 1.54) is 29.0 Å². The van der Waals surface area contributed by atoms with E-state index in [2.05, 4.69) is 15.4 Å². The first-order chi connectivity index (χ1) is 22.5. The van der Waals surface area contributed by atoms with Crippen LogP contribution in [-0.2, 0) is 40.3 Å². The number of tetrazole rings is 1. The molecule has 3 aromatic rings. The lowest BCUT2D eigenvalue weighted by Gasteiger charge is -2.45. The van der Waals surface area contributed by atoms with Crippen LogP contribution < -0.4 is 9.80 Å². The summed E-state index contributed by atoms with van der Waals surface area (Å²) in [5.74, 6) is -0.860. The van der Waals surface area contributed by atoms with E-state index in [4.69, 9.17) is 16.3 Å². The van der Waals surface area contributed by atoms with Gasteiger partial charge >= 0.3 is 18.3 Å². The Morgan fingerprint density at radius 3 is 2.29 bits per heavy atom. The zero-order chi connectivity index (χ0) is 35.0. The molecule has 0 N–H and O–H groups in total. The number of halogens is 7. The summed E-state index contributed by atoms with van der Waals surface area (Å²) in [6, 6.07) is 4.81. The fourth-order valence-corrected chi connectivity index (χ4v) is 6.98. The van der Waals surface area contributed by atoms with E-state index in [0.717, 1.165) is 29.1 Å². The number of fused-ring (bicyclic) bond motifs is 1. The average Bonchev–Trinajstić information content (AvgIpc) is 3.44. The molecule has 1 fully saturated rings. The van der Waals surface area contributed by atoms with Crippen molar-refractivity contribution in [1.82, 2.24) is 20.2 Å². The number of carbonyl (C=O) groups excluding carboxylic acids is 2. The van der Waals surface area contributed by atoms with E-state index in [1.807, 2.05) is 0 Å². The van der Waals surface area contributed by atoms with Crippen molar-refractivity contribution in [3.63, 3.8) is 0 Å². The predicted octanol–water partition coefficient (Wildman–Crippen LogP) is 7.53. The second-order valence-electron chi connectivity index (χ2n) is 12.4. The Hall–Kier alpha value is -3.88.